The highest BCUT2D eigenvalue weighted by Crippen LogP contribution is 2.60. The van der Waals surface area contributed by atoms with Crippen LogP contribution in [-0.2, 0) is 19.0 Å². The lowest BCUT2D eigenvalue weighted by Crippen LogP contribution is -2.53. The van der Waals surface area contributed by atoms with Crippen LogP contribution in [-0.4, -0.2) is 36.7 Å². The molecule has 0 unspecified atom stereocenters. The van der Waals surface area contributed by atoms with Gasteiger partial charge in [0.15, 0.2) is 0 Å². The molecule has 2 fully saturated rings. The maximum absolute atomic E-state index is 13.2. The van der Waals surface area contributed by atoms with E-state index in [-0.39, 0.29) is 28.6 Å². The van der Waals surface area contributed by atoms with Crippen LogP contribution in [0, 0.1) is 28.1 Å². The van der Waals surface area contributed by atoms with Gasteiger partial charge in [-0.15, -0.1) is 0 Å². The number of hydrogen-bond donors (Lipinski definition) is 0. The lowest BCUT2D eigenvalue weighted by molar-refractivity contribution is -0.156. The van der Waals surface area contributed by atoms with Crippen molar-refractivity contribution in [3.8, 4) is 0 Å². The fraction of sp³-hybridized carbons (Fsp3) is 0.545. The van der Waals surface area contributed by atoms with Crippen molar-refractivity contribution in [1.82, 2.24) is 0 Å². The van der Waals surface area contributed by atoms with Crippen LogP contribution in [0.15, 0.2) is 60.7 Å². The number of hydrogen-bond acceptors (Lipinski definition) is 6. The maximum atomic E-state index is 13.2. The Hall–Kier alpha value is -3.15. The minimum absolute atomic E-state index is 0.0123. The van der Waals surface area contributed by atoms with Crippen molar-refractivity contribution in [2.24, 2.45) is 28.1 Å². The topological polar surface area (TPSA) is 78.9 Å². The highest BCUT2D eigenvalue weighted by molar-refractivity contribution is 5.90. The number of esters is 3. The summed E-state index contributed by atoms with van der Waals surface area (Å²) in [4.78, 5) is 38.9. The first kappa shape index (κ1) is 28.8. The van der Waals surface area contributed by atoms with Crippen LogP contribution in [0.5, 0.6) is 0 Å². The summed E-state index contributed by atoms with van der Waals surface area (Å²) >= 11 is 0. The standard InChI is InChI=1S/C33H42O6/c1-31(2,3)30(36)37-18-17-33(6)21-26(38-28(34)22-13-9-7-10-14-22)27(24-19-32(4,5)20-25(24)33)39-29(35)23-15-11-8-12-16-23/h7-16,24-27H,17-21H2,1-6H3/t24-,25+,26+,27+,33+/m1/s1. The number of carbonyl (C=O) groups is 3. The van der Waals surface area contributed by atoms with Gasteiger partial charge in [-0.05, 0) is 87.5 Å². The van der Waals surface area contributed by atoms with Gasteiger partial charge in [0.1, 0.15) is 12.2 Å². The second-order valence-corrected chi connectivity index (χ2v) is 13.4. The summed E-state index contributed by atoms with van der Waals surface area (Å²) in [6.45, 7) is 12.5. The zero-order valence-corrected chi connectivity index (χ0v) is 24.1. The Morgan fingerprint density at radius 2 is 1.33 bits per heavy atom. The first-order valence-electron chi connectivity index (χ1n) is 14.0. The van der Waals surface area contributed by atoms with E-state index in [0.29, 0.717) is 30.6 Å². The minimum Gasteiger partial charge on any atom is -0.465 e. The van der Waals surface area contributed by atoms with Crippen LogP contribution in [0.3, 0.4) is 0 Å². The van der Waals surface area contributed by atoms with Gasteiger partial charge in [0.25, 0.3) is 0 Å². The third-order valence-corrected chi connectivity index (χ3v) is 8.47. The van der Waals surface area contributed by atoms with Crippen LogP contribution < -0.4 is 0 Å². The van der Waals surface area contributed by atoms with E-state index in [0.717, 1.165) is 12.8 Å². The van der Waals surface area contributed by atoms with Gasteiger partial charge in [-0.1, -0.05) is 57.2 Å². The van der Waals surface area contributed by atoms with Gasteiger partial charge in [-0.3, -0.25) is 4.79 Å². The van der Waals surface area contributed by atoms with E-state index in [9.17, 15) is 14.4 Å². The second kappa shape index (κ2) is 11.1. The highest BCUT2D eigenvalue weighted by Gasteiger charge is 2.58. The summed E-state index contributed by atoms with van der Waals surface area (Å²) in [5, 5.41) is 0. The summed E-state index contributed by atoms with van der Waals surface area (Å²) < 4.78 is 18.0. The molecule has 0 bridgehead atoms. The second-order valence-electron chi connectivity index (χ2n) is 13.4. The van der Waals surface area contributed by atoms with E-state index in [4.69, 9.17) is 14.2 Å². The first-order valence-corrected chi connectivity index (χ1v) is 14.0. The van der Waals surface area contributed by atoms with Crippen molar-refractivity contribution in [3.05, 3.63) is 71.8 Å². The molecule has 2 saturated carbocycles. The normalized spacial score (nSPS) is 27.7. The summed E-state index contributed by atoms with van der Waals surface area (Å²) in [7, 11) is 0. The summed E-state index contributed by atoms with van der Waals surface area (Å²) in [5.41, 5.74) is 0.125. The molecule has 0 heterocycles. The Morgan fingerprint density at radius 3 is 1.87 bits per heavy atom. The summed E-state index contributed by atoms with van der Waals surface area (Å²) in [5.74, 6) is -0.836. The van der Waals surface area contributed by atoms with Crippen molar-refractivity contribution in [1.29, 1.82) is 0 Å². The zero-order chi connectivity index (χ0) is 28.4. The molecule has 39 heavy (non-hydrogen) atoms. The Kier molecular flexibility index (Phi) is 8.25. The Morgan fingerprint density at radius 1 is 0.795 bits per heavy atom. The zero-order valence-electron chi connectivity index (χ0n) is 24.1. The fourth-order valence-corrected chi connectivity index (χ4v) is 6.42. The SMILES string of the molecule is CC1(C)C[C@H]2[C@H](OC(=O)c3ccccc3)[C@@H](OC(=O)c3ccccc3)C[C@](C)(CCOC(=O)C(C)(C)C)[C@H]2C1. The van der Waals surface area contributed by atoms with Gasteiger partial charge < -0.3 is 14.2 Å². The molecule has 0 spiro atoms. The van der Waals surface area contributed by atoms with Gasteiger partial charge in [0.2, 0.25) is 0 Å². The molecular formula is C33H42O6. The monoisotopic (exact) mass is 534 g/mol. The minimum atomic E-state index is -0.621. The molecule has 0 aliphatic heterocycles. The molecule has 5 atom stereocenters. The molecule has 2 aromatic carbocycles. The molecule has 210 valence electrons. The third-order valence-electron chi connectivity index (χ3n) is 8.47. The fourth-order valence-electron chi connectivity index (χ4n) is 6.42. The molecule has 2 aromatic rings. The Labute approximate surface area is 232 Å². The molecule has 6 heteroatoms. The number of fused-ring (bicyclic) bond motifs is 1. The number of benzene rings is 2. The van der Waals surface area contributed by atoms with Gasteiger partial charge in [-0.2, -0.15) is 0 Å². The number of rotatable bonds is 7. The first-order chi connectivity index (χ1) is 18.3. The van der Waals surface area contributed by atoms with Crippen LogP contribution >= 0.6 is 0 Å². The van der Waals surface area contributed by atoms with Gasteiger partial charge in [0.05, 0.1) is 23.1 Å². The quantitative estimate of drug-likeness (QED) is 0.285. The predicted octanol–water partition coefficient (Wildman–Crippen LogP) is 6.88. The molecule has 2 aliphatic carbocycles. The van der Waals surface area contributed by atoms with Gasteiger partial charge in [0, 0.05) is 5.92 Å². The smallest absolute Gasteiger partial charge is 0.338 e. The maximum Gasteiger partial charge on any atom is 0.338 e. The van der Waals surface area contributed by atoms with E-state index in [1.807, 2.05) is 45.0 Å². The number of ether oxygens (including phenoxy) is 3. The van der Waals surface area contributed by atoms with Crippen LogP contribution in [0.1, 0.15) is 87.9 Å². The predicted molar refractivity (Wildman–Crippen MR) is 149 cm³/mol. The van der Waals surface area contributed by atoms with Gasteiger partial charge >= 0.3 is 17.9 Å². The molecule has 0 radical (unpaired) electrons. The molecule has 2 aliphatic rings. The van der Waals surface area contributed by atoms with E-state index in [1.54, 1.807) is 36.4 Å². The lowest BCUT2D eigenvalue weighted by Gasteiger charge is -2.49. The van der Waals surface area contributed by atoms with Crippen LogP contribution in [0.2, 0.25) is 0 Å². The molecule has 0 aromatic heterocycles. The average Bonchev–Trinajstić information content (AvgIpc) is 3.23. The van der Waals surface area contributed by atoms with Crippen molar-refractivity contribution in [2.75, 3.05) is 6.61 Å². The lowest BCUT2D eigenvalue weighted by atomic mass is 9.60. The van der Waals surface area contributed by atoms with E-state index < -0.39 is 29.6 Å². The van der Waals surface area contributed by atoms with E-state index >= 15 is 0 Å². The Bertz CT molecular complexity index is 1170. The van der Waals surface area contributed by atoms with Crippen molar-refractivity contribution >= 4 is 17.9 Å². The van der Waals surface area contributed by atoms with Gasteiger partial charge in [-0.25, -0.2) is 9.59 Å². The average molecular weight is 535 g/mol. The van der Waals surface area contributed by atoms with Crippen molar-refractivity contribution < 1.29 is 28.6 Å². The third kappa shape index (κ3) is 6.71. The Balaban J connectivity index is 1.63. The molecular weight excluding hydrogens is 492 g/mol. The molecule has 0 N–H and O–H groups in total. The molecule has 0 saturated heterocycles. The van der Waals surface area contributed by atoms with Crippen LogP contribution in [0.4, 0.5) is 0 Å². The summed E-state index contributed by atoms with van der Waals surface area (Å²) in [6, 6.07) is 17.8. The number of carbonyl (C=O) groups excluding carboxylic acids is 3. The molecule has 6 nitrogen and oxygen atoms in total. The summed E-state index contributed by atoms with van der Waals surface area (Å²) in [6.07, 6.45) is 1.78. The van der Waals surface area contributed by atoms with E-state index in [2.05, 4.69) is 20.8 Å². The molecule has 0 amide bonds. The largest absolute Gasteiger partial charge is 0.465 e. The van der Waals surface area contributed by atoms with Crippen molar-refractivity contribution in [2.45, 2.75) is 79.4 Å². The van der Waals surface area contributed by atoms with E-state index in [1.165, 1.54) is 0 Å². The van der Waals surface area contributed by atoms with Crippen molar-refractivity contribution in [3.63, 3.8) is 0 Å². The molecule has 4 rings (SSSR count). The highest BCUT2D eigenvalue weighted by atomic mass is 16.6. The van der Waals surface area contributed by atoms with Crippen LogP contribution in [0.25, 0.3) is 0 Å².